The second-order valence-electron chi connectivity index (χ2n) is 8.18. The molecule has 2 heterocycles. The normalized spacial score (nSPS) is 17.5. The standard InChI is InChI=1S/C24H28Cl2N2O2/c25-21-5-3-4-20(24(21)26)17-10-13-28(14-11-17)12-1-2-15-30-19-8-6-18-7-9-23(29)27-22(18)16-19/h3-6,8,16-17H,1-2,7,9-15H2,(H,27,29). The molecule has 1 fully saturated rings. The lowest BCUT2D eigenvalue weighted by Crippen LogP contribution is -2.33. The summed E-state index contributed by atoms with van der Waals surface area (Å²) >= 11 is 12.6. The van der Waals surface area contributed by atoms with Crippen molar-refractivity contribution in [3.05, 3.63) is 57.6 Å². The first-order chi connectivity index (χ1) is 14.6. The van der Waals surface area contributed by atoms with Crippen LogP contribution in [0.15, 0.2) is 36.4 Å². The van der Waals surface area contributed by atoms with E-state index in [1.54, 1.807) is 0 Å². The summed E-state index contributed by atoms with van der Waals surface area (Å²) in [5, 5.41) is 4.30. The van der Waals surface area contributed by atoms with Crippen molar-refractivity contribution < 1.29 is 9.53 Å². The number of hydrogen-bond donors (Lipinski definition) is 1. The molecule has 0 unspecified atom stereocenters. The molecule has 0 bridgehead atoms. The summed E-state index contributed by atoms with van der Waals surface area (Å²) in [5.74, 6) is 1.41. The molecule has 1 saturated heterocycles. The number of benzene rings is 2. The zero-order valence-corrected chi connectivity index (χ0v) is 18.6. The van der Waals surface area contributed by atoms with Gasteiger partial charge in [0.05, 0.1) is 16.7 Å². The molecule has 160 valence electrons. The second kappa shape index (κ2) is 10.0. The summed E-state index contributed by atoms with van der Waals surface area (Å²) in [6.07, 6.45) is 5.75. The lowest BCUT2D eigenvalue weighted by atomic mass is 9.89. The number of nitrogens with one attached hydrogen (secondary N) is 1. The minimum atomic E-state index is 0.0843. The topological polar surface area (TPSA) is 41.6 Å². The van der Waals surface area contributed by atoms with Gasteiger partial charge in [0.1, 0.15) is 5.75 Å². The predicted molar refractivity (Wildman–Crippen MR) is 123 cm³/mol. The number of likely N-dealkylation sites (tertiary alicyclic amines) is 1. The van der Waals surface area contributed by atoms with Crippen LogP contribution in [0.3, 0.4) is 0 Å². The molecule has 0 atom stereocenters. The lowest BCUT2D eigenvalue weighted by molar-refractivity contribution is -0.116. The molecule has 4 rings (SSSR count). The van der Waals surface area contributed by atoms with E-state index in [-0.39, 0.29) is 5.91 Å². The van der Waals surface area contributed by atoms with Crippen molar-refractivity contribution in [2.24, 2.45) is 0 Å². The van der Waals surface area contributed by atoms with Gasteiger partial charge in [-0.25, -0.2) is 0 Å². The number of nitrogens with zero attached hydrogens (tertiary/aromatic N) is 1. The predicted octanol–water partition coefficient (Wildman–Crippen LogP) is 5.92. The number of piperidine rings is 1. The van der Waals surface area contributed by atoms with Gasteiger partial charge in [-0.3, -0.25) is 4.79 Å². The molecule has 2 aromatic carbocycles. The van der Waals surface area contributed by atoms with Crippen LogP contribution in [-0.4, -0.2) is 37.0 Å². The Hall–Kier alpha value is -1.75. The molecule has 2 aliphatic rings. The maximum Gasteiger partial charge on any atom is 0.224 e. The third-order valence-electron chi connectivity index (χ3n) is 6.12. The van der Waals surface area contributed by atoms with Crippen LogP contribution in [0.2, 0.25) is 10.0 Å². The van der Waals surface area contributed by atoms with Crippen molar-refractivity contribution >= 4 is 34.8 Å². The van der Waals surface area contributed by atoms with Crippen LogP contribution in [0.25, 0.3) is 0 Å². The SMILES string of the molecule is O=C1CCc2ccc(OCCCCN3CCC(c4cccc(Cl)c4Cl)CC3)cc2N1. The molecular weight excluding hydrogens is 419 g/mol. The minimum Gasteiger partial charge on any atom is -0.494 e. The zero-order valence-electron chi connectivity index (χ0n) is 17.1. The van der Waals surface area contributed by atoms with E-state index in [4.69, 9.17) is 27.9 Å². The number of carbonyl (C=O) groups excluding carboxylic acids is 1. The van der Waals surface area contributed by atoms with E-state index in [1.165, 1.54) is 11.1 Å². The van der Waals surface area contributed by atoms with E-state index in [9.17, 15) is 4.79 Å². The highest BCUT2D eigenvalue weighted by Gasteiger charge is 2.22. The smallest absolute Gasteiger partial charge is 0.224 e. The van der Waals surface area contributed by atoms with Crippen molar-refractivity contribution in [1.82, 2.24) is 4.90 Å². The van der Waals surface area contributed by atoms with Crippen molar-refractivity contribution in [3.63, 3.8) is 0 Å². The summed E-state index contributed by atoms with van der Waals surface area (Å²) in [7, 11) is 0. The molecule has 2 aromatic rings. The van der Waals surface area contributed by atoms with Gasteiger partial charge in [-0.1, -0.05) is 41.4 Å². The highest BCUT2D eigenvalue weighted by Crippen LogP contribution is 2.36. The summed E-state index contributed by atoms with van der Waals surface area (Å²) < 4.78 is 5.90. The van der Waals surface area contributed by atoms with Crippen LogP contribution in [0.5, 0.6) is 5.75 Å². The van der Waals surface area contributed by atoms with Crippen LogP contribution in [-0.2, 0) is 11.2 Å². The highest BCUT2D eigenvalue weighted by molar-refractivity contribution is 6.42. The third-order valence-corrected chi connectivity index (χ3v) is 6.96. The van der Waals surface area contributed by atoms with Gasteiger partial charge in [-0.15, -0.1) is 0 Å². The molecule has 30 heavy (non-hydrogen) atoms. The Morgan fingerprint density at radius 3 is 2.73 bits per heavy atom. The number of aryl methyl sites for hydroxylation is 1. The highest BCUT2D eigenvalue weighted by atomic mass is 35.5. The second-order valence-corrected chi connectivity index (χ2v) is 8.97. The molecule has 4 nitrogen and oxygen atoms in total. The third kappa shape index (κ3) is 5.29. The molecule has 0 saturated carbocycles. The minimum absolute atomic E-state index is 0.0843. The zero-order chi connectivity index (χ0) is 20.9. The summed E-state index contributed by atoms with van der Waals surface area (Å²) in [6, 6.07) is 12.0. The first-order valence-corrected chi connectivity index (χ1v) is 11.6. The summed E-state index contributed by atoms with van der Waals surface area (Å²) in [5.41, 5.74) is 3.27. The number of carbonyl (C=O) groups is 1. The van der Waals surface area contributed by atoms with E-state index in [0.29, 0.717) is 24.0 Å². The van der Waals surface area contributed by atoms with Gasteiger partial charge in [-0.05, 0) is 80.9 Å². The van der Waals surface area contributed by atoms with Crippen molar-refractivity contribution in [2.75, 3.05) is 31.6 Å². The average Bonchev–Trinajstić information content (AvgIpc) is 2.76. The molecular formula is C24H28Cl2N2O2. The van der Waals surface area contributed by atoms with Gasteiger partial charge < -0.3 is 15.0 Å². The molecule has 2 aliphatic heterocycles. The number of ether oxygens (including phenoxy) is 1. The fourth-order valence-corrected chi connectivity index (χ4v) is 4.83. The van der Waals surface area contributed by atoms with Crippen molar-refractivity contribution in [2.45, 2.75) is 44.4 Å². The molecule has 6 heteroatoms. The van der Waals surface area contributed by atoms with E-state index in [0.717, 1.165) is 68.2 Å². The molecule has 0 radical (unpaired) electrons. The first kappa shape index (κ1) is 21.5. The van der Waals surface area contributed by atoms with Crippen LogP contribution < -0.4 is 10.1 Å². The van der Waals surface area contributed by atoms with Gasteiger partial charge in [0.2, 0.25) is 5.91 Å². The van der Waals surface area contributed by atoms with E-state index in [1.807, 2.05) is 24.3 Å². The largest absolute Gasteiger partial charge is 0.494 e. The molecule has 0 aromatic heterocycles. The Bertz CT molecular complexity index is 895. The lowest BCUT2D eigenvalue weighted by Gasteiger charge is -2.32. The number of halogens is 2. The Labute approximate surface area is 188 Å². The van der Waals surface area contributed by atoms with Gasteiger partial charge in [0.15, 0.2) is 0 Å². The summed E-state index contributed by atoms with van der Waals surface area (Å²) in [6.45, 7) is 3.98. The Balaban J connectivity index is 1.15. The summed E-state index contributed by atoms with van der Waals surface area (Å²) in [4.78, 5) is 14.1. The number of rotatable bonds is 7. The Morgan fingerprint density at radius 2 is 1.90 bits per heavy atom. The van der Waals surface area contributed by atoms with Gasteiger partial charge >= 0.3 is 0 Å². The molecule has 0 spiro atoms. The van der Waals surface area contributed by atoms with Crippen LogP contribution in [0.1, 0.15) is 49.1 Å². The van der Waals surface area contributed by atoms with E-state index in [2.05, 4.69) is 22.3 Å². The number of unbranched alkanes of at least 4 members (excludes halogenated alkanes) is 1. The Kier molecular flexibility index (Phi) is 7.19. The molecule has 0 aliphatic carbocycles. The van der Waals surface area contributed by atoms with E-state index >= 15 is 0 Å². The van der Waals surface area contributed by atoms with E-state index < -0.39 is 0 Å². The van der Waals surface area contributed by atoms with Crippen LogP contribution >= 0.6 is 23.2 Å². The first-order valence-electron chi connectivity index (χ1n) is 10.8. The molecule has 1 amide bonds. The number of fused-ring (bicyclic) bond motifs is 1. The number of amides is 1. The van der Waals surface area contributed by atoms with Gasteiger partial charge in [0, 0.05) is 18.2 Å². The maximum absolute atomic E-state index is 11.6. The van der Waals surface area contributed by atoms with Crippen LogP contribution in [0, 0.1) is 0 Å². The fourth-order valence-electron chi connectivity index (χ4n) is 4.37. The number of hydrogen-bond acceptors (Lipinski definition) is 3. The monoisotopic (exact) mass is 446 g/mol. The van der Waals surface area contributed by atoms with Crippen molar-refractivity contribution in [3.8, 4) is 5.75 Å². The van der Waals surface area contributed by atoms with Crippen LogP contribution in [0.4, 0.5) is 5.69 Å². The molecule has 1 N–H and O–H groups in total. The number of anilines is 1. The van der Waals surface area contributed by atoms with Crippen molar-refractivity contribution in [1.29, 1.82) is 0 Å². The van der Waals surface area contributed by atoms with Gasteiger partial charge in [0.25, 0.3) is 0 Å². The quantitative estimate of drug-likeness (QED) is 0.536. The van der Waals surface area contributed by atoms with Gasteiger partial charge in [-0.2, -0.15) is 0 Å². The fraction of sp³-hybridized carbons (Fsp3) is 0.458. The maximum atomic E-state index is 11.6. The Morgan fingerprint density at radius 1 is 1.07 bits per heavy atom. The average molecular weight is 447 g/mol.